The van der Waals surface area contributed by atoms with E-state index in [1.807, 2.05) is 72.3 Å². The minimum atomic E-state index is -0.182. The van der Waals surface area contributed by atoms with Gasteiger partial charge in [0.2, 0.25) is 0 Å². The molecule has 5 nitrogen and oxygen atoms in total. The van der Waals surface area contributed by atoms with Gasteiger partial charge in [0.15, 0.2) is 5.16 Å². The molecule has 1 N–H and O–H groups in total. The van der Waals surface area contributed by atoms with Gasteiger partial charge in [0, 0.05) is 11.5 Å². The van der Waals surface area contributed by atoms with Crippen LogP contribution in [0, 0.1) is 0 Å². The number of benzene rings is 2. The van der Waals surface area contributed by atoms with Crippen LogP contribution in [0.15, 0.2) is 69.3 Å². The molecule has 0 radical (unpaired) electrons. The summed E-state index contributed by atoms with van der Waals surface area (Å²) >= 11 is 4.79. The van der Waals surface area contributed by atoms with Crippen LogP contribution in [-0.4, -0.2) is 27.4 Å². The predicted molar refractivity (Wildman–Crippen MR) is 111 cm³/mol. The highest BCUT2D eigenvalue weighted by atomic mass is 79.9. The second-order valence-electron chi connectivity index (χ2n) is 5.46. The molecule has 0 fully saturated rings. The van der Waals surface area contributed by atoms with Gasteiger partial charge in [-0.05, 0) is 39.7 Å². The Bertz CT molecular complexity index is 966. The number of hydrogen-bond acceptors (Lipinski definition) is 4. The highest BCUT2D eigenvalue weighted by Gasteiger charge is 2.09. The van der Waals surface area contributed by atoms with Crippen LogP contribution < -0.4 is 5.43 Å². The average Bonchev–Trinajstić information content (AvgIpc) is 2.97. The first-order chi connectivity index (χ1) is 12.6. The maximum atomic E-state index is 12.0. The molecule has 0 atom stereocenters. The molecule has 0 unspecified atom stereocenters. The molecule has 2 aromatic carbocycles. The first kappa shape index (κ1) is 18.4. The van der Waals surface area contributed by atoms with Crippen molar-refractivity contribution in [3.8, 4) is 0 Å². The molecule has 7 heteroatoms. The summed E-state index contributed by atoms with van der Waals surface area (Å²) in [6.45, 7) is 0. The maximum absolute atomic E-state index is 12.0. The molecule has 0 aliphatic carbocycles. The van der Waals surface area contributed by atoms with E-state index in [-0.39, 0.29) is 11.7 Å². The topological polar surface area (TPSA) is 59.3 Å². The zero-order valence-corrected chi connectivity index (χ0v) is 16.5. The zero-order chi connectivity index (χ0) is 18.4. The molecule has 0 spiro atoms. The molecule has 0 saturated carbocycles. The number of nitrogens with zero attached hydrogens (tertiary/aromatic N) is 3. The molecule has 132 valence electrons. The lowest BCUT2D eigenvalue weighted by Gasteiger charge is -2.01. The Morgan fingerprint density at radius 3 is 2.73 bits per heavy atom. The van der Waals surface area contributed by atoms with Gasteiger partial charge >= 0.3 is 0 Å². The van der Waals surface area contributed by atoms with Crippen molar-refractivity contribution in [2.75, 3.05) is 5.75 Å². The Morgan fingerprint density at radius 2 is 1.96 bits per heavy atom. The van der Waals surface area contributed by atoms with Gasteiger partial charge in [-0.3, -0.25) is 4.79 Å². The first-order valence-electron chi connectivity index (χ1n) is 7.92. The smallest absolute Gasteiger partial charge is 0.250 e. The molecule has 0 bridgehead atoms. The molecule has 0 aliphatic heterocycles. The monoisotopic (exact) mass is 428 g/mol. The third kappa shape index (κ3) is 4.83. The normalized spacial score (nSPS) is 12.0. The van der Waals surface area contributed by atoms with Gasteiger partial charge in [0.25, 0.3) is 5.91 Å². The van der Waals surface area contributed by atoms with Crippen molar-refractivity contribution in [1.29, 1.82) is 0 Å². The van der Waals surface area contributed by atoms with E-state index in [0.717, 1.165) is 26.2 Å². The summed E-state index contributed by atoms with van der Waals surface area (Å²) in [6.07, 6.45) is 3.48. The lowest BCUT2D eigenvalue weighted by atomic mass is 10.2. The number of carbonyl (C=O) groups excluding carboxylic acids is 1. The van der Waals surface area contributed by atoms with Crippen molar-refractivity contribution in [2.24, 2.45) is 12.1 Å². The number of para-hydroxylation sites is 2. The minimum absolute atomic E-state index is 0.182. The van der Waals surface area contributed by atoms with Crippen molar-refractivity contribution in [1.82, 2.24) is 15.0 Å². The van der Waals surface area contributed by atoms with E-state index in [4.69, 9.17) is 0 Å². The summed E-state index contributed by atoms with van der Waals surface area (Å²) in [7, 11) is 1.94. The van der Waals surface area contributed by atoms with Crippen LogP contribution in [0.2, 0.25) is 0 Å². The molecular formula is C19H17BrN4OS. The van der Waals surface area contributed by atoms with Gasteiger partial charge in [-0.2, -0.15) is 5.10 Å². The molecule has 1 heterocycles. The summed E-state index contributed by atoms with van der Waals surface area (Å²) in [5, 5.41) is 4.77. The fourth-order valence-corrected chi connectivity index (χ4v) is 3.47. The van der Waals surface area contributed by atoms with Crippen LogP contribution in [0.3, 0.4) is 0 Å². The van der Waals surface area contributed by atoms with Gasteiger partial charge in [-0.1, -0.05) is 54.2 Å². The lowest BCUT2D eigenvalue weighted by molar-refractivity contribution is -0.118. The zero-order valence-electron chi connectivity index (χ0n) is 14.1. The molecule has 3 aromatic rings. The predicted octanol–water partition coefficient (Wildman–Crippen LogP) is 4.20. The van der Waals surface area contributed by atoms with Crippen LogP contribution >= 0.6 is 27.7 Å². The van der Waals surface area contributed by atoms with Crippen LogP contribution in [0.4, 0.5) is 0 Å². The second-order valence-corrected chi connectivity index (χ2v) is 7.32. The largest absolute Gasteiger partial charge is 0.322 e. The Hall–Kier alpha value is -2.38. The number of fused-ring (bicyclic) bond motifs is 1. The van der Waals surface area contributed by atoms with Crippen molar-refractivity contribution in [3.63, 3.8) is 0 Å². The van der Waals surface area contributed by atoms with Crippen LogP contribution in [0.1, 0.15) is 5.56 Å². The minimum Gasteiger partial charge on any atom is -0.322 e. The van der Waals surface area contributed by atoms with Crippen LogP contribution in [0.5, 0.6) is 0 Å². The summed E-state index contributed by atoms with van der Waals surface area (Å²) in [5.41, 5.74) is 5.54. The average molecular weight is 429 g/mol. The number of amides is 1. The highest BCUT2D eigenvalue weighted by Crippen LogP contribution is 2.22. The Kier molecular flexibility index (Phi) is 6.25. The number of halogens is 1. The Morgan fingerprint density at radius 1 is 1.23 bits per heavy atom. The quantitative estimate of drug-likeness (QED) is 0.363. The summed E-state index contributed by atoms with van der Waals surface area (Å²) in [6, 6.07) is 17.7. The number of hydrazone groups is 1. The van der Waals surface area contributed by atoms with Gasteiger partial charge in [0.05, 0.1) is 23.0 Å². The highest BCUT2D eigenvalue weighted by molar-refractivity contribution is 9.12. The third-order valence-corrected chi connectivity index (χ3v) is 5.02. The number of aromatic nitrogens is 2. The summed E-state index contributed by atoms with van der Waals surface area (Å²) < 4.78 is 2.75. The number of aryl methyl sites for hydroxylation is 1. The number of nitrogens with one attached hydrogen (secondary N) is 1. The fraction of sp³-hybridized carbons (Fsp3) is 0.105. The number of hydrogen-bond donors (Lipinski definition) is 1. The van der Waals surface area contributed by atoms with Crippen LogP contribution in [-0.2, 0) is 11.8 Å². The van der Waals surface area contributed by atoms with Crippen molar-refractivity contribution < 1.29 is 4.79 Å². The molecule has 1 aromatic heterocycles. The number of thioether (sulfide) groups is 1. The molecule has 0 saturated heterocycles. The number of carbonyl (C=O) groups is 1. The fourth-order valence-electron chi connectivity index (χ4n) is 2.33. The van der Waals surface area contributed by atoms with Gasteiger partial charge in [0.1, 0.15) is 0 Å². The number of rotatable bonds is 6. The SMILES string of the molecule is Cn1c(SCC(=O)N/N=C\C(Br)=C\c2ccccc2)nc2ccccc21. The molecule has 1 amide bonds. The van der Waals surface area contributed by atoms with E-state index in [1.165, 1.54) is 11.8 Å². The first-order valence-corrected chi connectivity index (χ1v) is 9.70. The third-order valence-electron chi connectivity index (χ3n) is 3.56. The number of imidazole rings is 1. The maximum Gasteiger partial charge on any atom is 0.250 e. The van der Waals surface area contributed by atoms with E-state index in [9.17, 15) is 4.79 Å². The standard InChI is InChI=1S/C19H17BrN4OS/c1-24-17-10-6-5-9-16(17)22-19(24)26-13-18(25)23-21-12-15(20)11-14-7-3-2-4-8-14/h2-12H,13H2,1H3,(H,23,25)/b15-11-,21-12-. The molecular weight excluding hydrogens is 412 g/mol. The molecule has 26 heavy (non-hydrogen) atoms. The number of allylic oxidation sites excluding steroid dienone is 1. The second kappa shape index (κ2) is 8.82. The van der Waals surface area contributed by atoms with Crippen molar-refractivity contribution in [3.05, 3.63) is 64.6 Å². The van der Waals surface area contributed by atoms with E-state index in [2.05, 4.69) is 31.4 Å². The molecule has 0 aliphatic rings. The lowest BCUT2D eigenvalue weighted by Crippen LogP contribution is -2.19. The van der Waals surface area contributed by atoms with Gasteiger partial charge in [-0.15, -0.1) is 0 Å². The van der Waals surface area contributed by atoms with Gasteiger partial charge < -0.3 is 4.57 Å². The summed E-state index contributed by atoms with van der Waals surface area (Å²) in [4.78, 5) is 16.5. The van der Waals surface area contributed by atoms with Gasteiger partial charge in [-0.25, -0.2) is 10.4 Å². The van der Waals surface area contributed by atoms with E-state index >= 15 is 0 Å². The van der Waals surface area contributed by atoms with Crippen molar-refractivity contribution >= 4 is 56.9 Å². The van der Waals surface area contributed by atoms with Crippen molar-refractivity contribution in [2.45, 2.75) is 5.16 Å². The Labute approximate surface area is 164 Å². The Balaban J connectivity index is 1.52. The van der Waals surface area contributed by atoms with E-state index in [0.29, 0.717) is 0 Å². The van der Waals surface area contributed by atoms with E-state index in [1.54, 1.807) is 6.21 Å². The molecule has 3 rings (SSSR count). The van der Waals surface area contributed by atoms with E-state index < -0.39 is 0 Å². The summed E-state index contributed by atoms with van der Waals surface area (Å²) in [5.74, 6) is 0.0625. The van der Waals surface area contributed by atoms with Crippen LogP contribution in [0.25, 0.3) is 17.1 Å².